The van der Waals surface area contributed by atoms with Gasteiger partial charge in [-0.15, -0.1) is 10.2 Å². The number of rotatable bonds is 5. The van der Waals surface area contributed by atoms with Gasteiger partial charge in [-0.25, -0.2) is 22.9 Å². The second-order valence-corrected chi connectivity index (χ2v) is 9.68. The van der Waals surface area contributed by atoms with Crippen molar-refractivity contribution in [1.82, 2.24) is 19.3 Å². The number of benzene rings is 1. The van der Waals surface area contributed by atoms with Crippen LogP contribution in [0.2, 0.25) is 0 Å². The Morgan fingerprint density at radius 2 is 2.04 bits per heavy atom. The SMILES string of the molecule is Cc1nnc(-n2c(=O)n(C(C)C3(CF)CC3)c3ccc(S(N)(=O)=O)cc32)s1. The summed E-state index contributed by atoms with van der Waals surface area (Å²) in [5.41, 5.74) is -0.102. The number of hydrogen-bond acceptors (Lipinski definition) is 6. The molecule has 144 valence electrons. The van der Waals surface area contributed by atoms with Crippen molar-refractivity contribution >= 4 is 32.4 Å². The Bertz CT molecular complexity index is 1210. The fourth-order valence-corrected chi connectivity index (χ4v) is 4.64. The first-order chi connectivity index (χ1) is 12.7. The molecular weight excluding hydrogens is 393 g/mol. The molecule has 8 nitrogen and oxygen atoms in total. The maximum absolute atomic E-state index is 13.6. The van der Waals surface area contributed by atoms with Gasteiger partial charge in [0.2, 0.25) is 15.2 Å². The largest absolute Gasteiger partial charge is 0.335 e. The number of halogens is 1. The Hall–Kier alpha value is -2.11. The minimum atomic E-state index is -3.95. The van der Waals surface area contributed by atoms with Gasteiger partial charge >= 0.3 is 5.69 Å². The minimum Gasteiger partial charge on any atom is -0.288 e. The highest BCUT2D eigenvalue weighted by atomic mass is 32.2. The number of primary sulfonamides is 1. The number of aryl methyl sites for hydroxylation is 1. The molecule has 3 aromatic rings. The first-order valence-electron chi connectivity index (χ1n) is 8.34. The molecule has 2 aromatic heterocycles. The smallest absolute Gasteiger partial charge is 0.288 e. The number of fused-ring (bicyclic) bond motifs is 1. The van der Waals surface area contributed by atoms with Crippen LogP contribution in [0, 0.1) is 12.3 Å². The van der Waals surface area contributed by atoms with Crippen LogP contribution in [-0.2, 0) is 10.0 Å². The zero-order valence-corrected chi connectivity index (χ0v) is 16.3. The third-order valence-corrected chi connectivity index (χ3v) is 7.05. The van der Waals surface area contributed by atoms with Crippen LogP contribution in [0.25, 0.3) is 16.2 Å². The van der Waals surface area contributed by atoms with Crippen LogP contribution in [0.15, 0.2) is 27.9 Å². The molecule has 1 aliphatic carbocycles. The number of imidazole rings is 1. The number of alkyl halides is 1. The van der Waals surface area contributed by atoms with Gasteiger partial charge in [-0.3, -0.25) is 8.96 Å². The lowest BCUT2D eigenvalue weighted by molar-refractivity contribution is 0.251. The van der Waals surface area contributed by atoms with E-state index in [0.717, 1.165) is 0 Å². The van der Waals surface area contributed by atoms with Crippen LogP contribution in [0.5, 0.6) is 0 Å². The molecule has 4 rings (SSSR count). The molecule has 1 atom stereocenters. The summed E-state index contributed by atoms with van der Waals surface area (Å²) in [7, 11) is -3.95. The summed E-state index contributed by atoms with van der Waals surface area (Å²) >= 11 is 1.21. The molecule has 2 N–H and O–H groups in total. The fourth-order valence-electron chi connectivity index (χ4n) is 3.41. The maximum Gasteiger partial charge on any atom is 0.335 e. The molecule has 0 aliphatic heterocycles. The summed E-state index contributed by atoms with van der Waals surface area (Å²) in [6.45, 7) is 3.06. The molecule has 27 heavy (non-hydrogen) atoms. The number of nitrogens with two attached hydrogens (primary N) is 1. The molecule has 11 heteroatoms. The molecule has 1 unspecified atom stereocenters. The van der Waals surface area contributed by atoms with Crippen LogP contribution >= 0.6 is 11.3 Å². The molecule has 1 aliphatic rings. The molecule has 1 aromatic carbocycles. The quantitative estimate of drug-likeness (QED) is 0.689. The standard InChI is InChI=1S/C16H18FN5O3S2/c1-9(16(8-17)5-6-16)21-12-4-3-11(27(18,24)25)7-13(12)22(15(21)23)14-20-19-10(2)26-14/h3-4,7,9H,5-6,8H2,1-2H3,(H2,18,24,25). The van der Waals surface area contributed by atoms with Crippen LogP contribution in [0.4, 0.5) is 4.39 Å². The Morgan fingerprint density at radius 3 is 2.56 bits per heavy atom. The number of sulfonamides is 1. The summed E-state index contributed by atoms with van der Waals surface area (Å²) in [6, 6.07) is 3.85. The van der Waals surface area contributed by atoms with E-state index in [-0.39, 0.29) is 10.9 Å². The number of aromatic nitrogens is 4. The highest BCUT2D eigenvalue weighted by Crippen LogP contribution is 2.54. The highest BCUT2D eigenvalue weighted by Gasteiger charge is 2.49. The van der Waals surface area contributed by atoms with Crippen LogP contribution in [0.3, 0.4) is 0 Å². The first kappa shape index (κ1) is 18.3. The van der Waals surface area contributed by atoms with E-state index in [9.17, 15) is 17.6 Å². The Labute approximate surface area is 158 Å². The maximum atomic E-state index is 13.6. The topological polar surface area (TPSA) is 113 Å². The summed E-state index contributed by atoms with van der Waals surface area (Å²) in [5, 5.41) is 14.2. The average molecular weight is 411 g/mol. The lowest BCUT2D eigenvalue weighted by Crippen LogP contribution is -2.30. The van der Waals surface area contributed by atoms with Crippen molar-refractivity contribution in [3.05, 3.63) is 33.7 Å². The van der Waals surface area contributed by atoms with Crippen LogP contribution < -0.4 is 10.8 Å². The van der Waals surface area contributed by atoms with Crippen molar-refractivity contribution in [2.75, 3.05) is 6.67 Å². The van der Waals surface area contributed by atoms with E-state index in [0.29, 0.717) is 34.0 Å². The normalized spacial score (nSPS) is 17.3. The van der Waals surface area contributed by atoms with Crippen LogP contribution in [0.1, 0.15) is 30.8 Å². The van der Waals surface area contributed by atoms with Crippen molar-refractivity contribution in [1.29, 1.82) is 0 Å². The van der Waals surface area contributed by atoms with Crippen molar-refractivity contribution < 1.29 is 12.8 Å². The van der Waals surface area contributed by atoms with E-state index < -0.39 is 27.8 Å². The molecule has 0 bridgehead atoms. The second-order valence-electron chi connectivity index (χ2n) is 6.96. The van der Waals surface area contributed by atoms with Crippen molar-refractivity contribution in [2.24, 2.45) is 10.6 Å². The van der Waals surface area contributed by atoms with Crippen molar-refractivity contribution in [3.63, 3.8) is 0 Å². The Kier molecular flexibility index (Phi) is 4.02. The fraction of sp³-hybridized carbons (Fsp3) is 0.438. The molecule has 0 radical (unpaired) electrons. The van der Waals surface area contributed by atoms with Gasteiger partial charge in [0.25, 0.3) is 0 Å². The third-order valence-electron chi connectivity index (χ3n) is 5.31. The van der Waals surface area contributed by atoms with E-state index in [1.807, 2.05) is 6.92 Å². The second kappa shape index (κ2) is 5.94. The lowest BCUT2D eigenvalue weighted by Gasteiger charge is -2.21. The van der Waals surface area contributed by atoms with E-state index in [4.69, 9.17) is 5.14 Å². The van der Waals surface area contributed by atoms with E-state index in [2.05, 4.69) is 10.2 Å². The van der Waals surface area contributed by atoms with E-state index >= 15 is 0 Å². The predicted octanol–water partition coefficient (Wildman–Crippen LogP) is 1.91. The van der Waals surface area contributed by atoms with Crippen LogP contribution in [-0.4, -0.2) is 34.4 Å². The van der Waals surface area contributed by atoms with Crippen molar-refractivity contribution in [2.45, 2.75) is 37.6 Å². The van der Waals surface area contributed by atoms with Gasteiger partial charge in [0, 0.05) is 11.5 Å². The van der Waals surface area contributed by atoms with Gasteiger partial charge in [0.1, 0.15) is 5.01 Å². The van der Waals surface area contributed by atoms with Gasteiger partial charge in [-0.05, 0) is 44.9 Å². The summed E-state index contributed by atoms with van der Waals surface area (Å²) in [6.07, 6.45) is 1.41. The van der Waals surface area contributed by atoms with E-state index in [1.165, 1.54) is 38.7 Å². The predicted molar refractivity (Wildman–Crippen MR) is 99.5 cm³/mol. The zero-order valence-electron chi connectivity index (χ0n) is 14.7. The summed E-state index contributed by atoms with van der Waals surface area (Å²) in [4.78, 5) is 13.1. The monoisotopic (exact) mass is 411 g/mol. The Balaban J connectivity index is 2.05. The lowest BCUT2D eigenvalue weighted by atomic mass is 9.99. The van der Waals surface area contributed by atoms with Gasteiger partial charge in [0.05, 0.1) is 22.6 Å². The molecule has 1 fully saturated rings. The van der Waals surface area contributed by atoms with Gasteiger partial charge in [0.15, 0.2) is 0 Å². The molecule has 0 amide bonds. The Morgan fingerprint density at radius 1 is 1.33 bits per heavy atom. The van der Waals surface area contributed by atoms with Gasteiger partial charge in [-0.1, -0.05) is 11.3 Å². The summed E-state index contributed by atoms with van der Waals surface area (Å²) < 4.78 is 40.0. The van der Waals surface area contributed by atoms with Gasteiger partial charge < -0.3 is 0 Å². The van der Waals surface area contributed by atoms with Crippen molar-refractivity contribution in [3.8, 4) is 5.13 Å². The third kappa shape index (κ3) is 2.80. The minimum absolute atomic E-state index is 0.110. The molecule has 2 heterocycles. The number of hydrogen-bond donors (Lipinski definition) is 1. The molecular formula is C16H18FN5O3S2. The summed E-state index contributed by atoms with van der Waals surface area (Å²) in [5.74, 6) is 0. The molecule has 1 saturated carbocycles. The van der Waals surface area contributed by atoms with E-state index in [1.54, 1.807) is 6.92 Å². The van der Waals surface area contributed by atoms with Gasteiger partial charge in [-0.2, -0.15) is 0 Å². The number of nitrogens with zero attached hydrogens (tertiary/aromatic N) is 4. The first-order valence-corrected chi connectivity index (χ1v) is 10.7. The molecule has 0 saturated heterocycles. The zero-order chi connectivity index (χ0) is 19.6. The average Bonchev–Trinajstić information content (AvgIpc) is 3.22. The molecule has 0 spiro atoms. The highest BCUT2D eigenvalue weighted by molar-refractivity contribution is 7.89.